The Morgan fingerprint density at radius 2 is 1.74 bits per heavy atom. The van der Waals surface area contributed by atoms with Crippen molar-refractivity contribution < 1.29 is 14.3 Å². The lowest BCUT2D eigenvalue weighted by Gasteiger charge is -2.36. The molecule has 0 radical (unpaired) electrons. The van der Waals surface area contributed by atoms with E-state index < -0.39 is 17.2 Å². The quantitative estimate of drug-likeness (QED) is 0.552. The van der Waals surface area contributed by atoms with E-state index >= 15 is 4.39 Å². The highest BCUT2D eigenvalue weighted by molar-refractivity contribution is 5.93. The fourth-order valence-electron chi connectivity index (χ4n) is 4.71. The summed E-state index contributed by atoms with van der Waals surface area (Å²) in [6.45, 7) is 3.82. The summed E-state index contributed by atoms with van der Waals surface area (Å²) in [6.07, 6.45) is 3.28. The van der Waals surface area contributed by atoms with Crippen LogP contribution in [0.1, 0.15) is 34.8 Å². The summed E-state index contributed by atoms with van der Waals surface area (Å²) in [5.74, 6) is -1.76. The summed E-state index contributed by atoms with van der Waals surface area (Å²) in [6, 6.07) is 11.6. The zero-order valence-electron chi connectivity index (χ0n) is 19.9. The lowest BCUT2D eigenvalue weighted by atomic mass is 10.1. The van der Waals surface area contributed by atoms with Gasteiger partial charge in [0.05, 0.1) is 11.2 Å². The van der Waals surface area contributed by atoms with Gasteiger partial charge in [0.1, 0.15) is 11.4 Å². The second-order valence-corrected chi connectivity index (χ2v) is 9.46. The van der Waals surface area contributed by atoms with Gasteiger partial charge in [-0.05, 0) is 42.7 Å². The monoisotopic (exact) mass is 500 g/mol. The molecular formula is C26H30ClFN4O3. The first-order valence-corrected chi connectivity index (χ1v) is 11.7. The number of carboxylic acid groups (broad SMARTS) is 1. The van der Waals surface area contributed by atoms with E-state index in [0.717, 1.165) is 32.5 Å². The maximum atomic E-state index is 15.2. The average Bonchev–Trinajstić information content (AvgIpc) is 3.65. The number of halogens is 2. The molecule has 35 heavy (non-hydrogen) atoms. The molecule has 2 aliphatic rings. The van der Waals surface area contributed by atoms with Gasteiger partial charge in [-0.25, -0.2) is 9.18 Å². The van der Waals surface area contributed by atoms with E-state index in [1.807, 2.05) is 23.6 Å². The largest absolute Gasteiger partial charge is 0.477 e. The molecular weight excluding hydrogens is 471 g/mol. The molecule has 2 aromatic carbocycles. The van der Waals surface area contributed by atoms with Crippen molar-refractivity contribution in [1.29, 1.82) is 0 Å². The number of hydrogen-bond acceptors (Lipinski definition) is 5. The van der Waals surface area contributed by atoms with Crippen molar-refractivity contribution in [2.75, 3.05) is 50.1 Å². The number of carboxylic acids is 1. The number of piperazine rings is 1. The van der Waals surface area contributed by atoms with Crippen LogP contribution in [-0.2, 0) is 6.54 Å². The molecule has 1 aromatic heterocycles. The molecule has 3 aromatic rings. The van der Waals surface area contributed by atoms with Gasteiger partial charge in [-0.1, -0.05) is 12.1 Å². The highest BCUT2D eigenvalue weighted by Gasteiger charge is 2.28. The maximum Gasteiger partial charge on any atom is 0.341 e. The van der Waals surface area contributed by atoms with Gasteiger partial charge in [-0.2, -0.15) is 0 Å². The van der Waals surface area contributed by atoms with Crippen molar-refractivity contribution in [3.63, 3.8) is 0 Å². The van der Waals surface area contributed by atoms with Crippen molar-refractivity contribution in [2.45, 2.75) is 25.4 Å². The van der Waals surface area contributed by atoms with Gasteiger partial charge in [0.2, 0.25) is 5.43 Å². The summed E-state index contributed by atoms with van der Waals surface area (Å²) in [5, 5.41) is 9.56. The van der Waals surface area contributed by atoms with Gasteiger partial charge in [-0.3, -0.25) is 9.69 Å². The minimum atomic E-state index is -1.28. The summed E-state index contributed by atoms with van der Waals surface area (Å²) >= 11 is 0. The number of aromatic nitrogens is 1. The van der Waals surface area contributed by atoms with E-state index in [1.54, 1.807) is 6.07 Å². The molecule has 2 heterocycles. The minimum absolute atomic E-state index is 0. The number of rotatable bonds is 6. The number of carbonyl (C=O) groups is 1. The van der Waals surface area contributed by atoms with E-state index in [4.69, 9.17) is 0 Å². The first-order valence-electron chi connectivity index (χ1n) is 11.7. The molecule has 1 saturated carbocycles. The molecule has 0 atom stereocenters. The van der Waals surface area contributed by atoms with Crippen LogP contribution in [0, 0.1) is 5.82 Å². The third kappa shape index (κ3) is 4.99. The van der Waals surface area contributed by atoms with E-state index in [1.165, 1.54) is 23.5 Å². The summed E-state index contributed by atoms with van der Waals surface area (Å²) in [5.41, 5.74) is 2.56. The Kier molecular flexibility index (Phi) is 7.05. The number of nitrogens with zero attached hydrogens (tertiary/aromatic N) is 4. The van der Waals surface area contributed by atoms with Gasteiger partial charge in [0.25, 0.3) is 0 Å². The Hall–Kier alpha value is -3.10. The van der Waals surface area contributed by atoms with Crippen LogP contribution in [0.25, 0.3) is 10.9 Å². The highest BCUT2D eigenvalue weighted by atomic mass is 35.5. The third-order valence-electron chi connectivity index (χ3n) is 6.84. The SMILES string of the molecule is CN(C)c1ccc(CN2CCN(c3cc4c(cc3F)c(=O)c(C(=O)O)cn4C3CC3)CC2)cc1.Cl. The summed E-state index contributed by atoms with van der Waals surface area (Å²) in [7, 11) is 4.05. The normalized spacial score (nSPS) is 16.3. The molecule has 1 aliphatic heterocycles. The molecule has 1 aliphatic carbocycles. The molecule has 2 fully saturated rings. The van der Waals surface area contributed by atoms with Crippen LogP contribution in [0.5, 0.6) is 0 Å². The van der Waals surface area contributed by atoms with Gasteiger partial charge in [0.15, 0.2) is 0 Å². The maximum absolute atomic E-state index is 15.2. The first-order chi connectivity index (χ1) is 16.3. The zero-order valence-corrected chi connectivity index (χ0v) is 20.7. The second-order valence-electron chi connectivity index (χ2n) is 9.46. The fraction of sp³-hybridized carbons (Fsp3) is 0.385. The lowest BCUT2D eigenvalue weighted by molar-refractivity contribution is 0.0695. The predicted octanol–water partition coefficient (Wildman–Crippen LogP) is 3.98. The van der Waals surface area contributed by atoms with Crippen molar-refractivity contribution in [1.82, 2.24) is 9.47 Å². The third-order valence-corrected chi connectivity index (χ3v) is 6.84. The van der Waals surface area contributed by atoms with Gasteiger partial charge in [0, 0.05) is 70.1 Å². The minimum Gasteiger partial charge on any atom is -0.477 e. The van der Waals surface area contributed by atoms with Crippen LogP contribution in [0.15, 0.2) is 47.4 Å². The highest BCUT2D eigenvalue weighted by Crippen LogP contribution is 2.38. The Balaban J connectivity index is 0.00000289. The van der Waals surface area contributed by atoms with E-state index in [0.29, 0.717) is 24.3 Å². The number of fused-ring (bicyclic) bond motifs is 1. The fourth-order valence-corrected chi connectivity index (χ4v) is 4.71. The van der Waals surface area contributed by atoms with Crippen LogP contribution in [0.4, 0.5) is 15.8 Å². The number of hydrogen-bond donors (Lipinski definition) is 1. The molecule has 1 saturated heterocycles. The van der Waals surface area contributed by atoms with Crippen LogP contribution in [0.2, 0.25) is 0 Å². The Labute approximate surface area is 209 Å². The predicted molar refractivity (Wildman–Crippen MR) is 139 cm³/mol. The lowest BCUT2D eigenvalue weighted by Crippen LogP contribution is -2.46. The molecule has 7 nitrogen and oxygen atoms in total. The van der Waals surface area contributed by atoms with E-state index in [2.05, 4.69) is 34.1 Å². The number of pyridine rings is 1. The van der Waals surface area contributed by atoms with Gasteiger partial charge >= 0.3 is 5.97 Å². The van der Waals surface area contributed by atoms with Crippen LogP contribution < -0.4 is 15.2 Å². The zero-order chi connectivity index (χ0) is 24.0. The van der Waals surface area contributed by atoms with Crippen molar-refractivity contribution in [2.24, 2.45) is 0 Å². The number of aromatic carboxylic acids is 1. The number of benzene rings is 2. The smallest absolute Gasteiger partial charge is 0.341 e. The Morgan fingerprint density at radius 1 is 1.09 bits per heavy atom. The molecule has 0 spiro atoms. The van der Waals surface area contributed by atoms with Gasteiger partial charge in [-0.15, -0.1) is 12.4 Å². The molecule has 0 bridgehead atoms. The molecule has 186 valence electrons. The number of anilines is 2. The van der Waals surface area contributed by atoms with Gasteiger partial charge < -0.3 is 19.5 Å². The summed E-state index contributed by atoms with van der Waals surface area (Å²) < 4.78 is 17.0. The molecule has 0 amide bonds. The topological polar surface area (TPSA) is 69.0 Å². The van der Waals surface area contributed by atoms with Crippen molar-refractivity contribution in [3.05, 3.63) is 69.8 Å². The van der Waals surface area contributed by atoms with Crippen LogP contribution in [-0.4, -0.2) is 60.8 Å². The van der Waals surface area contributed by atoms with Crippen molar-refractivity contribution in [3.8, 4) is 0 Å². The first kappa shape index (κ1) is 25.0. The Bertz CT molecular complexity index is 1300. The van der Waals surface area contributed by atoms with E-state index in [-0.39, 0.29) is 29.4 Å². The molecule has 1 N–H and O–H groups in total. The molecule has 0 unspecified atom stereocenters. The van der Waals surface area contributed by atoms with Crippen molar-refractivity contribution >= 4 is 40.7 Å². The summed E-state index contributed by atoms with van der Waals surface area (Å²) in [4.78, 5) is 30.7. The Morgan fingerprint density at radius 3 is 2.31 bits per heavy atom. The van der Waals surface area contributed by atoms with Crippen LogP contribution in [0.3, 0.4) is 0 Å². The van der Waals surface area contributed by atoms with E-state index in [9.17, 15) is 14.7 Å². The average molecular weight is 501 g/mol. The van der Waals surface area contributed by atoms with Crippen LogP contribution >= 0.6 is 12.4 Å². The second kappa shape index (κ2) is 9.87. The standard InChI is InChI=1S/C26H29FN4O3.ClH/c1-28(2)18-5-3-17(4-6-18)15-29-9-11-30(12-10-29)24-14-23-20(13-22(24)27)25(32)21(26(33)34)16-31(23)19-7-8-19;/h3-6,13-14,16,19H,7-12,15H2,1-2H3,(H,33,34);1H. The molecule has 9 heteroatoms. The molecule has 5 rings (SSSR count).